The predicted octanol–water partition coefficient (Wildman–Crippen LogP) is 3.98. The van der Waals surface area contributed by atoms with Gasteiger partial charge in [0.05, 0.1) is 11.4 Å². The van der Waals surface area contributed by atoms with Crippen LogP contribution in [0, 0.1) is 12.7 Å². The van der Waals surface area contributed by atoms with Gasteiger partial charge in [-0.25, -0.2) is 9.07 Å². The minimum absolute atomic E-state index is 0.194. The predicted molar refractivity (Wildman–Crippen MR) is 114 cm³/mol. The average molecular weight is 407 g/mol. The average Bonchev–Trinajstić information content (AvgIpc) is 3.16. The molecule has 0 N–H and O–H groups in total. The lowest BCUT2D eigenvalue weighted by Crippen LogP contribution is -2.29. The van der Waals surface area contributed by atoms with Crippen molar-refractivity contribution in [3.63, 3.8) is 0 Å². The fraction of sp³-hybridized carbons (Fsp3) is 0.348. The zero-order valence-electron chi connectivity index (χ0n) is 17.4. The van der Waals surface area contributed by atoms with Crippen molar-refractivity contribution in [2.24, 2.45) is 0 Å². The molecule has 2 aromatic carbocycles. The highest BCUT2D eigenvalue weighted by atomic mass is 19.1. The molecule has 2 heterocycles. The van der Waals surface area contributed by atoms with Crippen LogP contribution in [0.15, 0.2) is 48.5 Å². The first kappa shape index (κ1) is 20.1. The Morgan fingerprint density at radius 2 is 1.63 bits per heavy atom. The molecular weight excluding hydrogens is 381 g/mol. The first-order chi connectivity index (χ1) is 14.5. The summed E-state index contributed by atoms with van der Waals surface area (Å²) in [6, 6.07) is 14.4. The van der Waals surface area contributed by atoms with E-state index in [1.54, 1.807) is 35.7 Å². The lowest BCUT2D eigenvalue weighted by Gasteiger charge is -2.29. The van der Waals surface area contributed by atoms with E-state index in [4.69, 9.17) is 0 Å². The van der Waals surface area contributed by atoms with Crippen molar-refractivity contribution in [2.45, 2.75) is 32.7 Å². The number of piperidine rings is 1. The van der Waals surface area contributed by atoms with Crippen LogP contribution in [0.2, 0.25) is 0 Å². The number of amides is 1. The number of hydrogen-bond acceptors (Lipinski definition) is 4. The number of aromatic nitrogens is 3. The molecule has 1 saturated heterocycles. The van der Waals surface area contributed by atoms with Crippen LogP contribution in [0.5, 0.6) is 0 Å². The SMILES string of the molecule is Cc1c(C(=O)N(C)Cc2ccc(N3CCCCC3)cc2)nnn1-c1ccc(F)cc1. The molecule has 1 aliphatic rings. The van der Waals surface area contributed by atoms with E-state index in [-0.39, 0.29) is 11.7 Å². The number of carbonyl (C=O) groups excluding carboxylic acids is 1. The van der Waals surface area contributed by atoms with Crippen LogP contribution in [0.1, 0.15) is 41.0 Å². The molecule has 0 radical (unpaired) electrons. The molecule has 6 nitrogen and oxygen atoms in total. The molecule has 1 aliphatic heterocycles. The Morgan fingerprint density at radius 1 is 1.00 bits per heavy atom. The van der Waals surface area contributed by atoms with Crippen molar-refractivity contribution in [1.82, 2.24) is 19.9 Å². The first-order valence-corrected chi connectivity index (χ1v) is 10.3. The van der Waals surface area contributed by atoms with Gasteiger partial charge in [-0.1, -0.05) is 17.3 Å². The summed E-state index contributed by atoms with van der Waals surface area (Å²) in [6.45, 7) is 4.50. The van der Waals surface area contributed by atoms with Gasteiger partial charge in [-0.2, -0.15) is 0 Å². The van der Waals surface area contributed by atoms with Crippen LogP contribution in [0.3, 0.4) is 0 Å². The standard InChI is InChI=1S/C23H26FN5O/c1-17-22(25-26-29(17)21-12-8-19(24)9-13-21)23(30)27(2)16-18-6-10-20(11-7-18)28-14-4-3-5-15-28/h6-13H,3-5,14-16H2,1-2H3. The maximum atomic E-state index is 13.2. The van der Waals surface area contributed by atoms with E-state index in [0.29, 0.717) is 23.6 Å². The lowest BCUT2D eigenvalue weighted by atomic mass is 10.1. The second-order valence-corrected chi connectivity index (χ2v) is 7.79. The monoisotopic (exact) mass is 407 g/mol. The van der Waals surface area contributed by atoms with Gasteiger partial charge >= 0.3 is 0 Å². The number of anilines is 1. The normalized spacial score (nSPS) is 14.0. The zero-order chi connectivity index (χ0) is 21.1. The Hall–Kier alpha value is -3.22. The Kier molecular flexibility index (Phi) is 5.79. The summed E-state index contributed by atoms with van der Waals surface area (Å²) in [5.74, 6) is -0.514. The van der Waals surface area contributed by atoms with Crippen molar-refractivity contribution in [1.29, 1.82) is 0 Å². The third-order valence-corrected chi connectivity index (χ3v) is 5.59. The minimum atomic E-state index is -0.321. The Balaban J connectivity index is 1.44. The van der Waals surface area contributed by atoms with Crippen molar-refractivity contribution < 1.29 is 9.18 Å². The van der Waals surface area contributed by atoms with E-state index < -0.39 is 0 Å². The second kappa shape index (κ2) is 8.65. The molecule has 3 aromatic rings. The number of carbonyl (C=O) groups is 1. The molecule has 0 bridgehead atoms. The van der Waals surface area contributed by atoms with Crippen molar-refractivity contribution >= 4 is 11.6 Å². The Morgan fingerprint density at radius 3 is 2.30 bits per heavy atom. The van der Waals surface area contributed by atoms with Gasteiger partial charge < -0.3 is 9.80 Å². The summed E-state index contributed by atoms with van der Waals surface area (Å²) in [5, 5.41) is 8.15. The Bertz CT molecular complexity index is 1010. The molecule has 0 spiro atoms. The lowest BCUT2D eigenvalue weighted by molar-refractivity contribution is 0.0778. The molecule has 1 fully saturated rings. The summed E-state index contributed by atoms with van der Waals surface area (Å²) >= 11 is 0. The quantitative estimate of drug-likeness (QED) is 0.642. The minimum Gasteiger partial charge on any atom is -0.372 e. The Labute approximate surface area is 175 Å². The van der Waals surface area contributed by atoms with Gasteiger partial charge in [-0.3, -0.25) is 4.79 Å². The van der Waals surface area contributed by atoms with Crippen LogP contribution >= 0.6 is 0 Å². The molecule has 0 unspecified atom stereocenters. The van der Waals surface area contributed by atoms with Gasteiger partial charge in [0.25, 0.3) is 5.91 Å². The number of hydrogen-bond donors (Lipinski definition) is 0. The molecule has 1 amide bonds. The molecule has 0 aliphatic carbocycles. The topological polar surface area (TPSA) is 54.3 Å². The third-order valence-electron chi connectivity index (χ3n) is 5.59. The second-order valence-electron chi connectivity index (χ2n) is 7.79. The summed E-state index contributed by atoms with van der Waals surface area (Å²) in [5.41, 5.74) is 3.89. The van der Waals surface area contributed by atoms with Crippen LogP contribution in [-0.4, -0.2) is 45.9 Å². The van der Waals surface area contributed by atoms with Gasteiger partial charge in [-0.05, 0) is 68.1 Å². The first-order valence-electron chi connectivity index (χ1n) is 10.3. The number of nitrogens with zero attached hydrogens (tertiary/aromatic N) is 5. The van der Waals surface area contributed by atoms with Gasteiger partial charge in [-0.15, -0.1) is 5.10 Å². The van der Waals surface area contributed by atoms with Crippen LogP contribution < -0.4 is 4.90 Å². The fourth-order valence-electron chi connectivity index (χ4n) is 3.85. The van der Waals surface area contributed by atoms with E-state index in [2.05, 4.69) is 39.5 Å². The van der Waals surface area contributed by atoms with Crippen molar-refractivity contribution in [3.8, 4) is 5.69 Å². The maximum absolute atomic E-state index is 13.2. The highest BCUT2D eigenvalue weighted by Crippen LogP contribution is 2.21. The van der Waals surface area contributed by atoms with Crippen LogP contribution in [0.4, 0.5) is 10.1 Å². The molecule has 1 aromatic heterocycles. The van der Waals surface area contributed by atoms with Crippen molar-refractivity contribution in [2.75, 3.05) is 25.0 Å². The van der Waals surface area contributed by atoms with Gasteiger partial charge in [0.1, 0.15) is 5.82 Å². The molecule has 30 heavy (non-hydrogen) atoms. The molecule has 0 atom stereocenters. The highest BCUT2D eigenvalue weighted by Gasteiger charge is 2.21. The van der Waals surface area contributed by atoms with Crippen LogP contribution in [-0.2, 0) is 6.54 Å². The third kappa shape index (κ3) is 4.20. The molecule has 4 rings (SSSR count). The highest BCUT2D eigenvalue weighted by molar-refractivity contribution is 5.93. The van der Waals surface area contributed by atoms with Crippen molar-refractivity contribution in [3.05, 3.63) is 71.3 Å². The van der Waals surface area contributed by atoms with E-state index >= 15 is 0 Å². The molecule has 0 saturated carbocycles. The number of benzene rings is 2. The molecular formula is C23H26FN5O. The largest absolute Gasteiger partial charge is 0.372 e. The van der Waals surface area contributed by atoms with Gasteiger partial charge in [0, 0.05) is 32.4 Å². The van der Waals surface area contributed by atoms with E-state index in [9.17, 15) is 9.18 Å². The summed E-state index contributed by atoms with van der Waals surface area (Å²) < 4.78 is 14.7. The molecule has 156 valence electrons. The number of rotatable bonds is 5. The zero-order valence-corrected chi connectivity index (χ0v) is 17.4. The van der Waals surface area contributed by atoms with Gasteiger partial charge in [0.15, 0.2) is 5.69 Å². The summed E-state index contributed by atoms with van der Waals surface area (Å²) in [6.07, 6.45) is 3.81. The van der Waals surface area contributed by atoms with E-state index in [0.717, 1.165) is 18.7 Å². The summed E-state index contributed by atoms with van der Waals surface area (Å²) in [4.78, 5) is 17.0. The molecule has 7 heteroatoms. The fourth-order valence-corrected chi connectivity index (χ4v) is 3.85. The van der Waals surface area contributed by atoms with Crippen LogP contribution in [0.25, 0.3) is 5.69 Å². The summed E-state index contributed by atoms with van der Waals surface area (Å²) in [7, 11) is 1.76. The number of halogens is 1. The van der Waals surface area contributed by atoms with E-state index in [1.807, 2.05) is 0 Å². The maximum Gasteiger partial charge on any atom is 0.276 e. The van der Waals surface area contributed by atoms with E-state index in [1.165, 1.54) is 37.1 Å². The van der Waals surface area contributed by atoms with Gasteiger partial charge in [0.2, 0.25) is 0 Å². The smallest absolute Gasteiger partial charge is 0.276 e.